The van der Waals surface area contributed by atoms with Gasteiger partial charge in [0.25, 0.3) is 0 Å². The average Bonchev–Trinajstić information content (AvgIpc) is 2.86. The van der Waals surface area contributed by atoms with Crippen molar-refractivity contribution >= 4 is 16.9 Å². The van der Waals surface area contributed by atoms with Gasteiger partial charge >= 0.3 is 5.97 Å². The lowest BCUT2D eigenvalue weighted by Gasteiger charge is -2.17. The van der Waals surface area contributed by atoms with E-state index in [2.05, 4.69) is 27.0 Å². The van der Waals surface area contributed by atoms with Crippen LogP contribution in [0.2, 0.25) is 0 Å². The molecule has 2 N–H and O–H groups in total. The Labute approximate surface area is 127 Å². The third-order valence-corrected chi connectivity index (χ3v) is 4.12. The molecular formula is C17H15N3O2. The zero-order valence-corrected chi connectivity index (χ0v) is 11.9. The lowest BCUT2D eigenvalue weighted by Crippen LogP contribution is -2.23. The van der Waals surface area contributed by atoms with E-state index < -0.39 is 5.97 Å². The van der Waals surface area contributed by atoms with Crippen LogP contribution in [0.15, 0.2) is 42.6 Å². The van der Waals surface area contributed by atoms with Gasteiger partial charge in [0.15, 0.2) is 0 Å². The highest BCUT2D eigenvalue weighted by molar-refractivity contribution is 5.95. The Morgan fingerprint density at radius 3 is 3.05 bits per heavy atom. The first-order valence-corrected chi connectivity index (χ1v) is 7.25. The van der Waals surface area contributed by atoms with Crippen LogP contribution in [-0.4, -0.2) is 27.2 Å². The van der Waals surface area contributed by atoms with Gasteiger partial charge in [0, 0.05) is 42.3 Å². The van der Waals surface area contributed by atoms with E-state index in [9.17, 15) is 9.90 Å². The van der Waals surface area contributed by atoms with E-state index in [4.69, 9.17) is 0 Å². The fourth-order valence-corrected chi connectivity index (χ4v) is 3.06. The number of aromatic carboxylic acids is 1. The van der Waals surface area contributed by atoms with Gasteiger partial charge in [-0.1, -0.05) is 6.07 Å². The minimum atomic E-state index is -0.900. The molecule has 0 fully saturated rings. The van der Waals surface area contributed by atoms with Crippen LogP contribution in [0.25, 0.3) is 22.2 Å². The number of carbonyl (C=O) groups is 1. The molecule has 1 aliphatic heterocycles. The molecule has 5 heteroatoms. The number of pyridine rings is 1. The zero-order valence-electron chi connectivity index (χ0n) is 11.9. The summed E-state index contributed by atoms with van der Waals surface area (Å²) in [4.78, 5) is 15.7. The number of hydrogen-bond acceptors (Lipinski definition) is 3. The van der Waals surface area contributed by atoms with Gasteiger partial charge in [0.2, 0.25) is 0 Å². The van der Waals surface area contributed by atoms with Crippen LogP contribution in [-0.2, 0) is 13.1 Å². The maximum Gasteiger partial charge on any atom is 0.335 e. The summed E-state index contributed by atoms with van der Waals surface area (Å²) in [7, 11) is 0. The molecule has 1 aliphatic rings. The maximum absolute atomic E-state index is 11.2. The molecule has 2 aromatic heterocycles. The van der Waals surface area contributed by atoms with Crippen molar-refractivity contribution in [1.29, 1.82) is 0 Å². The Hall–Kier alpha value is -2.66. The van der Waals surface area contributed by atoms with Gasteiger partial charge in [0.05, 0.1) is 17.0 Å². The molecule has 0 spiro atoms. The molecular weight excluding hydrogens is 278 g/mol. The number of aromatic nitrogens is 2. The fraction of sp³-hybridized carbons (Fsp3) is 0.176. The van der Waals surface area contributed by atoms with Crippen LogP contribution in [0.1, 0.15) is 16.1 Å². The minimum absolute atomic E-state index is 0.315. The summed E-state index contributed by atoms with van der Waals surface area (Å²) in [6.45, 7) is 2.37. The molecule has 0 amide bonds. The SMILES string of the molecule is O=C(O)c1ccc2cc3n(c2c1)CCNCc1ncccc1-3. The Morgan fingerprint density at radius 1 is 1.27 bits per heavy atom. The van der Waals surface area contributed by atoms with Gasteiger partial charge in [0.1, 0.15) is 0 Å². The number of nitrogens with one attached hydrogen (secondary N) is 1. The van der Waals surface area contributed by atoms with E-state index in [-0.39, 0.29) is 0 Å². The third kappa shape index (κ3) is 1.98. The molecule has 3 heterocycles. The smallest absolute Gasteiger partial charge is 0.335 e. The van der Waals surface area contributed by atoms with E-state index in [1.807, 2.05) is 12.1 Å². The fourth-order valence-electron chi connectivity index (χ4n) is 3.06. The Kier molecular flexibility index (Phi) is 2.94. The number of carboxylic acid groups (broad SMARTS) is 1. The summed E-state index contributed by atoms with van der Waals surface area (Å²) < 4.78 is 2.18. The number of carboxylic acids is 1. The zero-order chi connectivity index (χ0) is 15.1. The first-order valence-electron chi connectivity index (χ1n) is 7.25. The lowest BCUT2D eigenvalue weighted by atomic mass is 10.1. The average molecular weight is 293 g/mol. The third-order valence-electron chi connectivity index (χ3n) is 4.12. The van der Waals surface area contributed by atoms with Crippen LogP contribution in [0.3, 0.4) is 0 Å². The second-order valence-corrected chi connectivity index (χ2v) is 5.43. The monoisotopic (exact) mass is 293 g/mol. The molecule has 0 bridgehead atoms. The maximum atomic E-state index is 11.2. The van der Waals surface area contributed by atoms with Crippen molar-refractivity contribution in [2.24, 2.45) is 0 Å². The van der Waals surface area contributed by atoms with E-state index in [0.717, 1.165) is 47.5 Å². The van der Waals surface area contributed by atoms with E-state index in [1.54, 1.807) is 18.3 Å². The standard InChI is InChI=1S/C17H15N3O2/c21-17(22)12-4-3-11-8-16-13-2-1-5-19-14(13)10-18-6-7-20(16)15(11)9-12/h1-5,8-9,18H,6-7,10H2,(H,21,22). The van der Waals surface area contributed by atoms with Gasteiger partial charge < -0.3 is 15.0 Å². The van der Waals surface area contributed by atoms with Crippen molar-refractivity contribution in [1.82, 2.24) is 14.9 Å². The predicted octanol–water partition coefficient (Wildman–Crippen LogP) is 2.50. The molecule has 22 heavy (non-hydrogen) atoms. The van der Waals surface area contributed by atoms with E-state index in [0.29, 0.717) is 5.56 Å². The molecule has 1 aromatic carbocycles. The predicted molar refractivity (Wildman–Crippen MR) is 83.8 cm³/mol. The number of hydrogen-bond donors (Lipinski definition) is 2. The van der Waals surface area contributed by atoms with E-state index in [1.165, 1.54) is 0 Å². The highest BCUT2D eigenvalue weighted by Gasteiger charge is 2.17. The molecule has 0 radical (unpaired) electrons. The lowest BCUT2D eigenvalue weighted by molar-refractivity contribution is 0.0697. The van der Waals surface area contributed by atoms with Gasteiger partial charge in [-0.25, -0.2) is 4.79 Å². The highest BCUT2D eigenvalue weighted by atomic mass is 16.4. The molecule has 0 saturated heterocycles. The molecule has 110 valence electrons. The van der Waals surface area contributed by atoms with Gasteiger partial charge in [-0.3, -0.25) is 4.98 Å². The van der Waals surface area contributed by atoms with Gasteiger partial charge in [-0.05, 0) is 30.3 Å². The number of benzene rings is 1. The van der Waals surface area contributed by atoms with Gasteiger partial charge in [-0.15, -0.1) is 0 Å². The first-order chi connectivity index (χ1) is 10.7. The number of nitrogens with zero attached hydrogens (tertiary/aromatic N) is 2. The molecule has 0 saturated carbocycles. The quantitative estimate of drug-likeness (QED) is 0.723. The Balaban J connectivity index is 2.01. The van der Waals surface area contributed by atoms with Crippen molar-refractivity contribution in [2.45, 2.75) is 13.1 Å². The van der Waals surface area contributed by atoms with Crippen LogP contribution < -0.4 is 5.32 Å². The minimum Gasteiger partial charge on any atom is -0.478 e. The summed E-state index contributed by atoms with van der Waals surface area (Å²) in [6, 6.07) is 11.4. The molecule has 3 aromatic rings. The molecule has 0 unspecified atom stereocenters. The topological polar surface area (TPSA) is 67.2 Å². The largest absolute Gasteiger partial charge is 0.478 e. The second-order valence-electron chi connectivity index (χ2n) is 5.43. The molecule has 4 rings (SSSR count). The normalized spacial score (nSPS) is 14.0. The second kappa shape index (κ2) is 4.96. The molecule has 0 aliphatic carbocycles. The van der Waals surface area contributed by atoms with E-state index >= 15 is 0 Å². The van der Waals surface area contributed by atoms with Crippen LogP contribution in [0.4, 0.5) is 0 Å². The summed E-state index contributed by atoms with van der Waals surface area (Å²) in [5.74, 6) is -0.900. The summed E-state index contributed by atoms with van der Waals surface area (Å²) in [5.41, 5.74) is 4.48. The molecule has 0 atom stereocenters. The Bertz CT molecular complexity index is 883. The Morgan fingerprint density at radius 2 is 2.18 bits per heavy atom. The molecule has 5 nitrogen and oxygen atoms in total. The first kappa shape index (κ1) is 13.0. The van der Waals surface area contributed by atoms with Crippen LogP contribution in [0, 0.1) is 0 Å². The van der Waals surface area contributed by atoms with Crippen molar-refractivity contribution in [3.05, 3.63) is 53.9 Å². The van der Waals surface area contributed by atoms with Crippen molar-refractivity contribution in [3.8, 4) is 11.3 Å². The van der Waals surface area contributed by atoms with Crippen molar-refractivity contribution in [3.63, 3.8) is 0 Å². The summed E-state index contributed by atoms with van der Waals surface area (Å²) >= 11 is 0. The van der Waals surface area contributed by atoms with Gasteiger partial charge in [-0.2, -0.15) is 0 Å². The summed E-state index contributed by atoms with van der Waals surface area (Å²) in [6.07, 6.45) is 1.80. The number of fused-ring (bicyclic) bond motifs is 5. The number of rotatable bonds is 1. The summed E-state index contributed by atoms with van der Waals surface area (Å²) in [5, 5.41) is 13.6. The van der Waals surface area contributed by atoms with Crippen molar-refractivity contribution < 1.29 is 9.90 Å². The van der Waals surface area contributed by atoms with Crippen LogP contribution >= 0.6 is 0 Å². The highest BCUT2D eigenvalue weighted by Crippen LogP contribution is 2.31. The van der Waals surface area contributed by atoms with Crippen molar-refractivity contribution in [2.75, 3.05) is 6.54 Å². The van der Waals surface area contributed by atoms with Crippen LogP contribution in [0.5, 0.6) is 0 Å².